The highest BCUT2D eigenvalue weighted by molar-refractivity contribution is 5.24. The third-order valence-corrected chi connectivity index (χ3v) is 3.97. The van der Waals surface area contributed by atoms with Crippen molar-refractivity contribution in [2.75, 3.05) is 19.7 Å². The summed E-state index contributed by atoms with van der Waals surface area (Å²) < 4.78 is 0. The molecule has 1 saturated heterocycles. The first-order chi connectivity index (χ1) is 9.24. The Kier molecular flexibility index (Phi) is 5.34. The van der Waals surface area contributed by atoms with Gasteiger partial charge in [-0.1, -0.05) is 30.7 Å². The van der Waals surface area contributed by atoms with Crippen LogP contribution in [0, 0.1) is 0 Å². The average molecular weight is 264 g/mol. The topological polar surface area (TPSA) is 69.7 Å². The van der Waals surface area contributed by atoms with E-state index in [4.69, 9.17) is 5.73 Å². The quantitative estimate of drug-likeness (QED) is 0.743. The van der Waals surface area contributed by atoms with Crippen molar-refractivity contribution in [2.24, 2.45) is 5.73 Å². The molecule has 0 bridgehead atoms. The number of hydrogen-bond acceptors (Lipinski definition) is 4. The van der Waals surface area contributed by atoms with Crippen molar-refractivity contribution >= 4 is 0 Å². The van der Waals surface area contributed by atoms with Crippen LogP contribution in [0.1, 0.15) is 36.5 Å². The number of hydrogen-bond donors (Lipinski definition) is 3. The van der Waals surface area contributed by atoms with Crippen molar-refractivity contribution in [3.63, 3.8) is 0 Å². The van der Waals surface area contributed by atoms with Crippen molar-refractivity contribution in [3.8, 4) is 0 Å². The molecule has 0 saturated carbocycles. The molecular weight excluding hydrogens is 240 g/mol. The normalized spacial score (nSPS) is 22.4. The van der Waals surface area contributed by atoms with Gasteiger partial charge < -0.3 is 15.9 Å². The van der Waals surface area contributed by atoms with Crippen LogP contribution in [0.25, 0.3) is 0 Å². The average Bonchev–Trinajstić information content (AvgIpc) is 2.48. The first-order valence-electron chi connectivity index (χ1n) is 7.06. The van der Waals surface area contributed by atoms with E-state index in [0.717, 1.165) is 30.5 Å². The predicted molar refractivity (Wildman–Crippen MR) is 75.6 cm³/mol. The second kappa shape index (κ2) is 7.01. The lowest BCUT2D eigenvalue weighted by Gasteiger charge is -2.35. The number of nitrogens with two attached hydrogens (primary N) is 1. The van der Waals surface area contributed by atoms with Crippen LogP contribution >= 0.6 is 0 Å². The highest BCUT2D eigenvalue weighted by atomic mass is 16.3. The maximum absolute atomic E-state index is 10.3. The minimum Gasteiger partial charge on any atom is -0.395 e. The Morgan fingerprint density at radius 2 is 2.00 bits per heavy atom. The molecule has 4 nitrogen and oxygen atoms in total. The van der Waals surface area contributed by atoms with Gasteiger partial charge in [-0.3, -0.25) is 4.90 Å². The lowest BCUT2D eigenvalue weighted by Crippen LogP contribution is -2.43. The molecule has 0 aliphatic carbocycles. The molecule has 1 aromatic carbocycles. The fourth-order valence-corrected chi connectivity index (χ4v) is 2.71. The maximum Gasteiger partial charge on any atom is 0.0917 e. The first-order valence-corrected chi connectivity index (χ1v) is 7.06. The highest BCUT2D eigenvalue weighted by Crippen LogP contribution is 2.21. The molecule has 1 aliphatic heterocycles. The molecule has 1 heterocycles. The molecule has 2 atom stereocenters. The molecule has 0 radical (unpaired) electrons. The summed E-state index contributed by atoms with van der Waals surface area (Å²) in [6.07, 6.45) is 2.84. The zero-order valence-corrected chi connectivity index (χ0v) is 11.3. The van der Waals surface area contributed by atoms with Crippen LogP contribution in [0.5, 0.6) is 0 Å². The molecule has 2 rings (SSSR count). The molecule has 19 heavy (non-hydrogen) atoms. The Morgan fingerprint density at radius 3 is 2.63 bits per heavy atom. The van der Waals surface area contributed by atoms with Crippen LogP contribution in [-0.2, 0) is 6.54 Å². The van der Waals surface area contributed by atoms with Crippen LogP contribution in [0.3, 0.4) is 0 Å². The lowest BCUT2D eigenvalue weighted by molar-refractivity contribution is 0.0417. The van der Waals surface area contributed by atoms with E-state index in [1.807, 2.05) is 24.3 Å². The van der Waals surface area contributed by atoms with Crippen LogP contribution < -0.4 is 5.73 Å². The number of aliphatic hydroxyl groups is 2. The van der Waals surface area contributed by atoms with Gasteiger partial charge in [-0.2, -0.15) is 0 Å². The Morgan fingerprint density at radius 1 is 1.26 bits per heavy atom. The summed E-state index contributed by atoms with van der Waals surface area (Å²) in [6.45, 7) is 2.25. The number of likely N-dealkylation sites (tertiary alicyclic amines) is 1. The van der Waals surface area contributed by atoms with E-state index >= 15 is 0 Å². The van der Waals surface area contributed by atoms with Gasteiger partial charge in [-0.25, -0.2) is 0 Å². The third-order valence-electron chi connectivity index (χ3n) is 3.97. The summed E-state index contributed by atoms with van der Waals surface area (Å²) in [4.78, 5) is 2.20. The Bertz CT molecular complexity index is 380. The molecular formula is C15H24N2O2. The number of piperidine rings is 1. The number of β-amino-alcohol motifs (C(OH)–C–C–N with tert-alkyl or cyclic N) is 1. The number of benzene rings is 1. The fraction of sp³-hybridized carbons (Fsp3) is 0.600. The largest absolute Gasteiger partial charge is 0.395 e. The summed E-state index contributed by atoms with van der Waals surface area (Å²) in [5.74, 6) is 0. The van der Waals surface area contributed by atoms with Crippen molar-refractivity contribution in [1.29, 1.82) is 0 Å². The summed E-state index contributed by atoms with van der Waals surface area (Å²) in [6, 6.07) is 7.98. The van der Waals surface area contributed by atoms with Crippen molar-refractivity contribution in [1.82, 2.24) is 4.90 Å². The Hall–Kier alpha value is -0.940. The van der Waals surface area contributed by atoms with Gasteiger partial charge in [0.05, 0.1) is 12.7 Å². The number of aliphatic hydroxyl groups excluding tert-OH is 2. The van der Waals surface area contributed by atoms with Crippen molar-refractivity contribution in [2.45, 2.75) is 38.0 Å². The zero-order valence-electron chi connectivity index (χ0n) is 11.3. The lowest BCUT2D eigenvalue weighted by atomic mass is 10.0. The SMILES string of the molecule is NCc1ccc(C(O)CN2CCCCC2CO)cc1. The van der Waals surface area contributed by atoms with Gasteiger partial charge in [0.2, 0.25) is 0 Å². The van der Waals surface area contributed by atoms with Gasteiger partial charge in [0, 0.05) is 19.1 Å². The molecule has 1 aromatic rings. The Balaban J connectivity index is 1.96. The monoisotopic (exact) mass is 264 g/mol. The minimum absolute atomic E-state index is 0.179. The van der Waals surface area contributed by atoms with Crippen LogP contribution in [-0.4, -0.2) is 40.9 Å². The summed E-state index contributed by atoms with van der Waals surface area (Å²) in [5, 5.41) is 19.7. The van der Waals surface area contributed by atoms with E-state index in [2.05, 4.69) is 4.90 Å². The van der Waals surface area contributed by atoms with E-state index in [9.17, 15) is 10.2 Å². The van der Waals surface area contributed by atoms with Gasteiger partial charge in [-0.15, -0.1) is 0 Å². The zero-order chi connectivity index (χ0) is 13.7. The van der Waals surface area contributed by atoms with Crippen LogP contribution in [0.4, 0.5) is 0 Å². The van der Waals surface area contributed by atoms with E-state index < -0.39 is 6.10 Å². The summed E-state index contributed by atoms with van der Waals surface area (Å²) in [5.41, 5.74) is 7.55. The van der Waals surface area contributed by atoms with Gasteiger partial charge in [-0.05, 0) is 30.5 Å². The fourth-order valence-electron chi connectivity index (χ4n) is 2.71. The second-order valence-corrected chi connectivity index (χ2v) is 5.29. The summed E-state index contributed by atoms with van der Waals surface area (Å²) >= 11 is 0. The van der Waals surface area contributed by atoms with E-state index in [0.29, 0.717) is 13.1 Å². The third kappa shape index (κ3) is 3.76. The maximum atomic E-state index is 10.3. The molecule has 4 heteroatoms. The first kappa shape index (κ1) is 14.5. The van der Waals surface area contributed by atoms with Crippen LogP contribution in [0.15, 0.2) is 24.3 Å². The standard InChI is InChI=1S/C15H24N2O2/c16-9-12-4-6-13(7-5-12)15(19)10-17-8-2-1-3-14(17)11-18/h4-7,14-15,18-19H,1-3,8-11,16H2. The number of nitrogens with zero attached hydrogens (tertiary/aromatic N) is 1. The molecule has 4 N–H and O–H groups in total. The van der Waals surface area contributed by atoms with Gasteiger partial charge >= 0.3 is 0 Å². The molecule has 2 unspecified atom stereocenters. The van der Waals surface area contributed by atoms with Gasteiger partial charge in [0.15, 0.2) is 0 Å². The second-order valence-electron chi connectivity index (χ2n) is 5.29. The van der Waals surface area contributed by atoms with E-state index in [-0.39, 0.29) is 12.6 Å². The molecule has 106 valence electrons. The van der Waals surface area contributed by atoms with E-state index in [1.54, 1.807) is 0 Å². The van der Waals surface area contributed by atoms with Crippen molar-refractivity contribution in [3.05, 3.63) is 35.4 Å². The predicted octanol–water partition coefficient (Wildman–Crippen LogP) is 1.03. The van der Waals surface area contributed by atoms with Gasteiger partial charge in [0.25, 0.3) is 0 Å². The molecule has 0 amide bonds. The molecule has 0 spiro atoms. The molecule has 1 aliphatic rings. The van der Waals surface area contributed by atoms with Crippen molar-refractivity contribution < 1.29 is 10.2 Å². The van der Waals surface area contributed by atoms with Crippen LogP contribution in [0.2, 0.25) is 0 Å². The smallest absolute Gasteiger partial charge is 0.0917 e. The van der Waals surface area contributed by atoms with Gasteiger partial charge in [0.1, 0.15) is 0 Å². The highest BCUT2D eigenvalue weighted by Gasteiger charge is 2.24. The summed E-state index contributed by atoms with van der Waals surface area (Å²) in [7, 11) is 0. The Labute approximate surface area is 114 Å². The minimum atomic E-state index is -0.501. The number of rotatable bonds is 5. The molecule has 0 aromatic heterocycles. The van der Waals surface area contributed by atoms with E-state index in [1.165, 1.54) is 6.42 Å². The molecule has 1 fully saturated rings.